The smallest absolute Gasteiger partial charge is 0.298 e. The van der Waals surface area contributed by atoms with Gasteiger partial charge in [-0.1, -0.05) is 19.9 Å². The summed E-state index contributed by atoms with van der Waals surface area (Å²) in [6.07, 6.45) is 4.87. The monoisotopic (exact) mass is 307 g/mol. The number of hydrogen-bond acceptors (Lipinski definition) is 4. The van der Waals surface area contributed by atoms with Crippen molar-refractivity contribution in [2.75, 3.05) is 0 Å². The van der Waals surface area contributed by atoms with Crippen LogP contribution >= 0.6 is 0 Å². The van der Waals surface area contributed by atoms with Gasteiger partial charge in [0.2, 0.25) is 0 Å². The number of aromatic nitrogens is 2. The molecule has 0 bridgehead atoms. The van der Waals surface area contributed by atoms with E-state index in [4.69, 9.17) is 0 Å². The fraction of sp³-hybridized carbons (Fsp3) is 0.286. The lowest BCUT2D eigenvalue weighted by Crippen LogP contribution is -3.00. The standard InChI is InChI=1S/C14H17N5O.ClH/c1-9(2)13(15)14(20)19-18-8-10-3-4-11-12(7-10)17-6-5-16-11;/h3-9,13H,15H2,1-2H3,(H,19,20);1H/t13-;/m1./s1. The molecule has 0 aliphatic heterocycles. The van der Waals surface area contributed by atoms with Crippen LogP contribution in [-0.2, 0) is 4.79 Å². The molecule has 0 aliphatic rings. The Kier molecular flexibility index (Phi) is 6.20. The van der Waals surface area contributed by atoms with Crippen molar-refractivity contribution < 1.29 is 22.9 Å². The molecule has 1 amide bonds. The van der Waals surface area contributed by atoms with Crippen LogP contribution in [0, 0.1) is 5.92 Å². The Balaban J connectivity index is 0.00000220. The third kappa shape index (κ3) is 4.47. The molecule has 2 rings (SSSR count). The van der Waals surface area contributed by atoms with Crippen LogP contribution in [0.5, 0.6) is 0 Å². The second-order valence-corrected chi connectivity index (χ2v) is 4.89. The molecule has 0 saturated heterocycles. The summed E-state index contributed by atoms with van der Waals surface area (Å²) in [6, 6.07) is 5.29. The van der Waals surface area contributed by atoms with Gasteiger partial charge in [-0.15, -0.1) is 0 Å². The van der Waals surface area contributed by atoms with Gasteiger partial charge in [-0.05, 0) is 17.7 Å². The van der Waals surface area contributed by atoms with Crippen LogP contribution < -0.4 is 23.6 Å². The number of halogens is 1. The van der Waals surface area contributed by atoms with Crippen molar-refractivity contribution in [2.24, 2.45) is 11.0 Å². The number of benzene rings is 1. The number of fused-ring (bicyclic) bond motifs is 1. The summed E-state index contributed by atoms with van der Waals surface area (Å²) in [7, 11) is 0. The Hall–Kier alpha value is -2.05. The van der Waals surface area contributed by atoms with Crippen molar-refractivity contribution in [2.45, 2.75) is 19.9 Å². The minimum Gasteiger partial charge on any atom is -1.00 e. The van der Waals surface area contributed by atoms with E-state index in [9.17, 15) is 4.79 Å². The predicted octanol–water partition coefficient (Wildman–Crippen LogP) is -2.65. The number of nitrogens with zero attached hydrogens (tertiary/aromatic N) is 3. The number of carbonyl (C=O) groups excluding carboxylic acids is 1. The first-order valence-corrected chi connectivity index (χ1v) is 6.44. The molecule has 0 unspecified atom stereocenters. The second kappa shape index (κ2) is 7.66. The molecule has 6 nitrogen and oxygen atoms in total. The number of carbonyl (C=O) groups is 1. The van der Waals surface area contributed by atoms with Crippen molar-refractivity contribution >= 4 is 23.2 Å². The van der Waals surface area contributed by atoms with Crippen molar-refractivity contribution in [1.29, 1.82) is 0 Å². The van der Waals surface area contributed by atoms with Gasteiger partial charge in [0, 0.05) is 18.3 Å². The van der Waals surface area contributed by atoms with E-state index < -0.39 is 0 Å². The summed E-state index contributed by atoms with van der Waals surface area (Å²) in [5.74, 6) is -0.00188. The van der Waals surface area contributed by atoms with E-state index in [0.717, 1.165) is 16.6 Å². The topological polar surface area (TPSA) is 94.9 Å². The number of rotatable bonds is 4. The summed E-state index contributed by atoms with van der Waals surface area (Å²) in [4.78, 5) is 20.1. The van der Waals surface area contributed by atoms with Crippen molar-refractivity contribution in [3.63, 3.8) is 0 Å². The third-order valence-corrected chi connectivity index (χ3v) is 3.02. The minimum absolute atomic E-state index is 0. The molecule has 0 aliphatic carbocycles. The maximum Gasteiger partial charge on any atom is 0.298 e. The van der Waals surface area contributed by atoms with E-state index in [1.54, 1.807) is 18.6 Å². The van der Waals surface area contributed by atoms with Crippen LogP contribution in [0.25, 0.3) is 11.0 Å². The first-order valence-electron chi connectivity index (χ1n) is 6.44. The van der Waals surface area contributed by atoms with Crippen LogP contribution in [-0.4, -0.2) is 28.1 Å². The molecule has 1 aromatic heterocycles. The number of hydrazone groups is 1. The number of quaternary nitrogens is 1. The Morgan fingerprint density at radius 1 is 1.29 bits per heavy atom. The highest BCUT2D eigenvalue weighted by Crippen LogP contribution is 2.09. The van der Waals surface area contributed by atoms with Crippen molar-refractivity contribution in [3.8, 4) is 0 Å². The molecule has 0 radical (unpaired) electrons. The van der Waals surface area contributed by atoms with Gasteiger partial charge < -0.3 is 18.1 Å². The normalized spacial score (nSPS) is 12.4. The van der Waals surface area contributed by atoms with Crippen LogP contribution in [0.2, 0.25) is 0 Å². The molecular weight excluding hydrogens is 290 g/mol. The average Bonchev–Trinajstić information content (AvgIpc) is 2.46. The van der Waals surface area contributed by atoms with Gasteiger partial charge in [0.05, 0.1) is 17.2 Å². The zero-order valence-electron chi connectivity index (χ0n) is 12.0. The Labute approximate surface area is 129 Å². The lowest BCUT2D eigenvalue weighted by Gasteiger charge is -2.09. The number of nitrogens with one attached hydrogen (secondary N) is 1. The molecule has 0 fully saturated rings. The molecular formula is C14H18ClN5O. The lowest BCUT2D eigenvalue weighted by molar-refractivity contribution is -0.414. The highest BCUT2D eigenvalue weighted by molar-refractivity contribution is 5.88. The molecule has 1 atom stereocenters. The summed E-state index contributed by atoms with van der Waals surface area (Å²) >= 11 is 0. The van der Waals surface area contributed by atoms with Gasteiger partial charge in [0.15, 0.2) is 6.04 Å². The lowest BCUT2D eigenvalue weighted by atomic mass is 10.1. The Bertz CT molecular complexity index is 644. The van der Waals surface area contributed by atoms with E-state index >= 15 is 0 Å². The molecule has 0 saturated carbocycles. The summed E-state index contributed by atoms with van der Waals surface area (Å²) < 4.78 is 0. The summed E-state index contributed by atoms with van der Waals surface area (Å²) in [5.41, 5.74) is 8.76. The van der Waals surface area contributed by atoms with Gasteiger partial charge in [-0.3, -0.25) is 14.8 Å². The molecule has 7 heteroatoms. The van der Waals surface area contributed by atoms with Crippen LogP contribution in [0.15, 0.2) is 35.7 Å². The van der Waals surface area contributed by atoms with E-state index in [2.05, 4.69) is 26.2 Å². The molecule has 1 heterocycles. The third-order valence-electron chi connectivity index (χ3n) is 3.02. The maximum absolute atomic E-state index is 11.7. The van der Waals surface area contributed by atoms with E-state index in [1.807, 2.05) is 32.0 Å². The fourth-order valence-corrected chi connectivity index (χ4v) is 1.62. The van der Waals surface area contributed by atoms with Crippen LogP contribution in [0.3, 0.4) is 0 Å². The van der Waals surface area contributed by atoms with Crippen LogP contribution in [0.1, 0.15) is 19.4 Å². The zero-order chi connectivity index (χ0) is 14.5. The molecule has 21 heavy (non-hydrogen) atoms. The molecule has 1 aromatic carbocycles. The van der Waals surface area contributed by atoms with E-state index in [0.29, 0.717) is 0 Å². The number of hydrogen-bond donors (Lipinski definition) is 2. The predicted molar refractivity (Wildman–Crippen MR) is 76.8 cm³/mol. The van der Waals surface area contributed by atoms with Gasteiger partial charge >= 0.3 is 0 Å². The van der Waals surface area contributed by atoms with Crippen molar-refractivity contribution in [1.82, 2.24) is 15.4 Å². The largest absolute Gasteiger partial charge is 1.00 e. The molecule has 2 aromatic rings. The zero-order valence-corrected chi connectivity index (χ0v) is 12.7. The second-order valence-electron chi connectivity index (χ2n) is 4.89. The minimum atomic E-state index is -0.311. The van der Waals surface area contributed by atoms with Gasteiger partial charge in [-0.2, -0.15) is 5.10 Å². The number of amides is 1. The van der Waals surface area contributed by atoms with Gasteiger partial charge in [0.25, 0.3) is 5.91 Å². The van der Waals surface area contributed by atoms with Gasteiger partial charge in [-0.25, -0.2) is 5.43 Å². The fourth-order valence-electron chi connectivity index (χ4n) is 1.62. The quantitative estimate of drug-likeness (QED) is 0.477. The van der Waals surface area contributed by atoms with E-state index in [-0.39, 0.29) is 30.3 Å². The molecule has 0 spiro atoms. The first-order chi connectivity index (χ1) is 9.58. The average molecular weight is 308 g/mol. The van der Waals surface area contributed by atoms with Crippen LogP contribution in [0.4, 0.5) is 0 Å². The first kappa shape index (κ1) is 17.0. The highest BCUT2D eigenvalue weighted by Gasteiger charge is 2.20. The maximum atomic E-state index is 11.7. The van der Waals surface area contributed by atoms with E-state index in [1.165, 1.54) is 0 Å². The summed E-state index contributed by atoms with van der Waals surface area (Å²) in [5, 5.41) is 3.94. The molecule has 112 valence electrons. The Morgan fingerprint density at radius 3 is 2.62 bits per heavy atom. The Morgan fingerprint density at radius 2 is 1.95 bits per heavy atom. The van der Waals surface area contributed by atoms with Gasteiger partial charge in [0.1, 0.15) is 0 Å². The SMILES string of the molecule is CC(C)[C@@H]([NH3+])C(=O)NN=Cc1ccc2nccnc2c1.[Cl-]. The highest BCUT2D eigenvalue weighted by atomic mass is 35.5. The molecule has 4 N–H and O–H groups in total. The summed E-state index contributed by atoms with van der Waals surface area (Å²) in [6.45, 7) is 3.89. The van der Waals surface area contributed by atoms with Crippen molar-refractivity contribution in [3.05, 3.63) is 36.2 Å².